The van der Waals surface area contributed by atoms with Crippen LogP contribution in [-0.2, 0) is 0 Å². The van der Waals surface area contributed by atoms with Crippen molar-refractivity contribution in [2.75, 3.05) is 18.5 Å². The summed E-state index contributed by atoms with van der Waals surface area (Å²) in [6.07, 6.45) is 0.336. The minimum atomic E-state index is -0.172. The number of rotatable bonds is 10. The zero-order valence-electron chi connectivity index (χ0n) is 17.2. The van der Waals surface area contributed by atoms with Gasteiger partial charge in [-0.15, -0.1) is 0 Å². The van der Waals surface area contributed by atoms with Crippen molar-refractivity contribution in [3.63, 3.8) is 0 Å². The lowest BCUT2D eigenvalue weighted by molar-refractivity contribution is 0.0976. The molecule has 0 aliphatic carbocycles. The van der Waals surface area contributed by atoms with Crippen molar-refractivity contribution in [1.29, 1.82) is 0 Å². The van der Waals surface area contributed by atoms with Gasteiger partial charge in [0.1, 0.15) is 11.5 Å². The van der Waals surface area contributed by atoms with Crippen molar-refractivity contribution in [2.24, 2.45) is 0 Å². The first-order valence-electron chi connectivity index (χ1n) is 10.1. The monoisotopic (exact) mass is 467 g/mol. The first-order valence-corrected chi connectivity index (χ1v) is 10.9. The van der Waals surface area contributed by atoms with E-state index in [0.717, 1.165) is 27.2 Å². The number of nitrogens with one attached hydrogen (secondary N) is 1. The fourth-order valence-corrected chi connectivity index (χ4v) is 3.43. The smallest absolute Gasteiger partial charge is 0.165 e. The van der Waals surface area contributed by atoms with E-state index in [2.05, 4.69) is 21.2 Å². The van der Waals surface area contributed by atoms with Gasteiger partial charge >= 0.3 is 0 Å². The van der Waals surface area contributed by atoms with Gasteiger partial charge < -0.3 is 14.8 Å². The lowest BCUT2D eigenvalue weighted by atomic mass is 9.97. The molecule has 0 aliphatic rings. The summed E-state index contributed by atoms with van der Waals surface area (Å²) in [5, 5.41) is 3.50. The Kier molecular flexibility index (Phi) is 7.91. The van der Waals surface area contributed by atoms with E-state index in [1.807, 2.05) is 86.6 Å². The van der Waals surface area contributed by atoms with E-state index < -0.39 is 0 Å². The normalized spacial score (nSPS) is 11.6. The first-order chi connectivity index (χ1) is 14.6. The molecule has 0 radical (unpaired) electrons. The van der Waals surface area contributed by atoms with E-state index in [9.17, 15) is 4.79 Å². The van der Waals surface area contributed by atoms with Crippen molar-refractivity contribution in [3.05, 3.63) is 88.4 Å². The number of Topliss-reactive ketones (excluding diaryl/α,β-unsaturated/α-hetero) is 1. The fourth-order valence-electron chi connectivity index (χ4n) is 3.17. The van der Waals surface area contributed by atoms with Crippen molar-refractivity contribution in [3.8, 4) is 11.5 Å². The second-order valence-electron chi connectivity index (χ2n) is 6.79. The highest BCUT2D eigenvalue weighted by molar-refractivity contribution is 9.10. The average molecular weight is 468 g/mol. The fraction of sp³-hybridized carbons (Fsp3) is 0.240. The molecule has 1 N–H and O–H groups in total. The van der Waals surface area contributed by atoms with E-state index in [4.69, 9.17) is 9.47 Å². The second kappa shape index (κ2) is 10.8. The first kappa shape index (κ1) is 21.9. The van der Waals surface area contributed by atoms with Crippen LogP contribution in [0.4, 0.5) is 5.69 Å². The number of carbonyl (C=O) groups is 1. The minimum Gasteiger partial charge on any atom is -0.494 e. The molecule has 3 rings (SSSR count). The lowest BCUT2D eigenvalue weighted by Gasteiger charge is -2.21. The van der Waals surface area contributed by atoms with Gasteiger partial charge in [0.05, 0.1) is 19.3 Å². The van der Waals surface area contributed by atoms with Crippen LogP contribution >= 0.6 is 15.9 Å². The van der Waals surface area contributed by atoms with Gasteiger partial charge in [0.15, 0.2) is 5.78 Å². The Balaban J connectivity index is 1.81. The highest BCUT2D eigenvalue weighted by Gasteiger charge is 2.18. The topological polar surface area (TPSA) is 47.6 Å². The number of benzene rings is 3. The molecule has 0 saturated heterocycles. The molecule has 0 aliphatic heterocycles. The van der Waals surface area contributed by atoms with E-state index in [-0.39, 0.29) is 11.8 Å². The van der Waals surface area contributed by atoms with Gasteiger partial charge in [-0.2, -0.15) is 0 Å². The van der Waals surface area contributed by atoms with Crippen LogP contribution in [0, 0.1) is 0 Å². The number of ketones is 1. The molecule has 156 valence electrons. The number of ether oxygens (including phenoxy) is 2. The molecule has 3 aromatic rings. The van der Waals surface area contributed by atoms with Crippen LogP contribution in [0.2, 0.25) is 0 Å². The minimum absolute atomic E-state index is 0.0832. The molecule has 0 amide bonds. The lowest BCUT2D eigenvalue weighted by Crippen LogP contribution is -2.16. The number of halogens is 1. The van der Waals surface area contributed by atoms with Crippen LogP contribution in [0.5, 0.6) is 11.5 Å². The Bertz CT molecular complexity index is 938. The highest BCUT2D eigenvalue weighted by atomic mass is 79.9. The molecule has 0 saturated carbocycles. The summed E-state index contributed by atoms with van der Waals surface area (Å²) >= 11 is 3.42. The summed E-state index contributed by atoms with van der Waals surface area (Å²) in [5.41, 5.74) is 2.65. The predicted octanol–water partition coefficient (Wildman–Crippen LogP) is 6.67. The van der Waals surface area contributed by atoms with E-state index >= 15 is 0 Å². The predicted molar refractivity (Wildman–Crippen MR) is 125 cm³/mol. The van der Waals surface area contributed by atoms with Gasteiger partial charge in [-0.3, -0.25) is 4.79 Å². The summed E-state index contributed by atoms with van der Waals surface area (Å²) in [7, 11) is 0. The molecule has 30 heavy (non-hydrogen) atoms. The molecule has 0 fully saturated rings. The van der Waals surface area contributed by atoms with E-state index in [1.165, 1.54) is 0 Å². The van der Waals surface area contributed by atoms with Crippen molar-refractivity contribution in [1.82, 2.24) is 0 Å². The maximum Gasteiger partial charge on any atom is 0.165 e. The van der Waals surface area contributed by atoms with Crippen LogP contribution in [0.25, 0.3) is 0 Å². The third-order valence-electron chi connectivity index (χ3n) is 4.66. The Morgan fingerprint density at radius 1 is 0.833 bits per heavy atom. The van der Waals surface area contributed by atoms with Gasteiger partial charge in [0, 0.05) is 22.1 Å². The van der Waals surface area contributed by atoms with Gasteiger partial charge in [-0.1, -0.05) is 40.2 Å². The van der Waals surface area contributed by atoms with Gasteiger partial charge in [0.2, 0.25) is 0 Å². The molecule has 0 aromatic heterocycles. The van der Waals surface area contributed by atoms with E-state index in [0.29, 0.717) is 25.2 Å². The molecular formula is C25H26BrNO3. The number of carbonyl (C=O) groups excluding carboxylic acids is 1. The number of hydrogen-bond donors (Lipinski definition) is 1. The number of hydrogen-bond acceptors (Lipinski definition) is 4. The molecule has 0 spiro atoms. The largest absolute Gasteiger partial charge is 0.494 e. The summed E-state index contributed by atoms with van der Waals surface area (Å²) in [4.78, 5) is 12.9. The number of anilines is 1. The maximum absolute atomic E-state index is 12.9. The summed E-state index contributed by atoms with van der Waals surface area (Å²) < 4.78 is 12.0. The Morgan fingerprint density at radius 3 is 1.90 bits per heavy atom. The summed E-state index contributed by atoms with van der Waals surface area (Å²) in [6, 6.07) is 23.0. The molecule has 4 nitrogen and oxygen atoms in total. The average Bonchev–Trinajstić information content (AvgIpc) is 2.76. The molecule has 0 bridgehead atoms. The zero-order chi connectivity index (χ0) is 21.3. The molecular weight excluding hydrogens is 442 g/mol. The zero-order valence-corrected chi connectivity index (χ0v) is 18.8. The SMILES string of the molecule is CCOc1ccc(NC(CC(=O)c2ccc(Br)cc2)c2ccc(OCC)cc2)cc1. The van der Waals surface area contributed by atoms with Crippen LogP contribution in [-0.4, -0.2) is 19.0 Å². The van der Waals surface area contributed by atoms with Crippen LogP contribution in [0.1, 0.15) is 42.2 Å². The van der Waals surface area contributed by atoms with Crippen molar-refractivity contribution in [2.45, 2.75) is 26.3 Å². The molecule has 3 aromatic carbocycles. The summed E-state index contributed by atoms with van der Waals surface area (Å²) in [5.74, 6) is 1.73. The Labute approximate surface area is 186 Å². The van der Waals surface area contributed by atoms with Crippen LogP contribution < -0.4 is 14.8 Å². The third kappa shape index (κ3) is 6.10. The van der Waals surface area contributed by atoms with Gasteiger partial charge in [-0.25, -0.2) is 0 Å². The Hall–Kier alpha value is -2.79. The summed E-state index contributed by atoms with van der Waals surface area (Å²) in [6.45, 7) is 5.17. The van der Waals surface area contributed by atoms with Crippen LogP contribution in [0.15, 0.2) is 77.3 Å². The molecule has 5 heteroatoms. The Morgan fingerprint density at radius 2 is 1.37 bits per heavy atom. The van der Waals surface area contributed by atoms with Crippen LogP contribution in [0.3, 0.4) is 0 Å². The third-order valence-corrected chi connectivity index (χ3v) is 5.18. The molecule has 1 atom stereocenters. The molecule has 1 unspecified atom stereocenters. The van der Waals surface area contributed by atoms with E-state index in [1.54, 1.807) is 0 Å². The second-order valence-corrected chi connectivity index (χ2v) is 7.71. The van der Waals surface area contributed by atoms with Crippen molar-refractivity contribution >= 4 is 27.4 Å². The highest BCUT2D eigenvalue weighted by Crippen LogP contribution is 2.27. The van der Waals surface area contributed by atoms with Gasteiger partial charge in [0.25, 0.3) is 0 Å². The standard InChI is InChI=1S/C25H26BrNO3/c1-3-29-22-13-7-18(8-14-22)24(17-25(28)19-5-9-20(26)10-6-19)27-21-11-15-23(16-12-21)30-4-2/h5-16,24,27H,3-4,17H2,1-2H3. The maximum atomic E-state index is 12.9. The van der Waals surface area contributed by atoms with Crippen molar-refractivity contribution < 1.29 is 14.3 Å². The molecule has 0 heterocycles. The van der Waals surface area contributed by atoms with Gasteiger partial charge in [-0.05, 0) is 67.9 Å². The quantitative estimate of drug-likeness (QED) is 0.338.